The standard InChI is InChI=1S/C15H15F2NO/c16-13-6-3-5-11(8-13)15(9-18)19-10-12-4-1-2-7-14(12)17/h1-8,15H,9-10,18H2. The first-order valence-corrected chi connectivity index (χ1v) is 6.01. The van der Waals surface area contributed by atoms with Crippen LogP contribution in [0.25, 0.3) is 0 Å². The van der Waals surface area contributed by atoms with E-state index in [1.54, 1.807) is 30.3 Å². The lowest BCUT2D eigenvalue weighted by atomic mass is 10.1. The maximum atomic E-state index is 13.4. The van der Waals surface area contributed by atoms with Crippen LogP contribution >= 0.6 is 0 Å². The van der Waals surface area contributed by atoms with Crippen molar-refractivity contribution in [2.45, 2.75) is 12.7 Å². The Morgan fingerprint density at radius 2 is 1.84 bits per heavy atom. The molecule has 2 rings (SSSR count). The first kappa shape index (κ1) is 13.6. The molecule has 0 amide bonds. The van der Waals surface area contributed by atoms with Crippen molar-refractivity contribution in [3.63, 3.8) is 0 Å². The van der Waals surface area contributed by atoms with Gasteiger partial charge in [-0.3, -0.25) is 0 Å². The Hall–Kier alpha value is -1.78. The highest BCUT2D eigenvalue weighted by atomic mass is 19.1. The van der Waals surface area contributed by atoms with Gasteiger partial charge >= 0.3 is 0 Å². The molecule has 0 fully saturated rings. The zero-order chi connectivity index (χ0) is 13.7. The van der Waals surface area contributed by atoms with Gasteiger partial charge in [-0.2, -0.15) is 0 Å². The molecule has 2 aromatic rings. The van der Waals surface area contributed by atoms with Crippen LogP contribution in [0, 0.1) is 11.6 Å². The molecule has 0 radical (unpaired) electrons. The van der Waals surface area contributed by atoms with Gasteiger partial charge in [0.05, 0.1) is 12.7 Å². The summed E-state index contributed by atoms with van der Waals surface area (Å²) in [4.78, 5) is 0. The van der Waals surface area contributed by atoms with E-state index in [1.165, 1.54) is 18.2 Å². The Kier molecular flexibility index (Phi) is 4.60. The third kappa shape index (κ3) is 3.59. The molecule has 0 aliphatic rings. The van der Waals surface area contributed by atoms with E-state index in [1.807, 2.05) is 0 Å². The maximum Gasteiger partial charge on any atom is 0.128 e. The maximum absolute atomic E-state index is 13.4. The Bertz CT molecular complexity index is 545. The number of hydrogen-bond donors (Lipinski definition) is 1. The van der Waals surface area contributed by atoms with E-state index in [9.17, 15) is 8.78 Å². The second-order valence-electron chi connectivity index (χ2n) is 4.18. The summed E-state index contributed by atoms with van der Waals surface area (Å²) in [6.07, 6.45) is -0.449. The van der Waals surface area contributed by atoms with Crippen molar-refractivity contribution in [1.82, 2.24) is 0 Å². The minimum atomic E-state index is -0.449. The monoisotopic (exact) mass is 263 g/mol. The SMILES string of the molecule is NCC(OCc1ccccc1F)c1cccc(F)c1. The van der Waals surface area contributed by atoms with Gasteiger partial charge < -0.3 is 10.5 Å². The van der Waals surface area contributed by atoms with Crippen molar-refractivity contribution in [2.24, 2.45) is 5.73 Å². The second-order valence-corrected chi connectivity index (χ2v) is 4.18. The van der Waals surface area contributed by atoms with Crippen LogP contribution in [0.15, 0.2) is 48.5 Å². The number of nitrogens with two attached hydrogens (primary N) is 1. The predicted molar refractivity (Wildman–Crippen MR) is 69.4 cm³/mol. The molecule has 1 unspecified atom stereocenters. The van der Waals surface area contributed by atoms with Gasteiger partial charge in [0.1, 0.15) is 11.6 Å². The van der Waals surface area contributed by atoms with Crippen LogP contribution in [0.5, 0.6) is 0 Å². The fraction of sp³-hybridized carbons (Fsp3) is 0.200. The van der Waals surface area contributed by atoms with Gasteiger partial charge in [-0.05, 0) is 23.8 Å². The molecule has 0 aromatic heterocycles. The second kappa shape index (κ2) is 6.41. The highest BCUT2D eigenvalue weighted by Crippen LogP contribution is 2.19. The summed E-state index contributed by atoms with van der Waals surface area (Å²) in [5.74, 6) is -0.664. The molecule has 19 heavy (non-hydrogen) atoms. The molecule has 4 heteroatoms. The van der Waals surface area contributed by atoms with Crippen molar-refractivity contribution in [3.8, 4) is 0 Å². The summed E-state index contributed by atoms with van der Waals surface area (Å²) >= 11 is 0. The largest absolute Gasteiger partial charge is 0.367 e. The van der Waals surface area contributed by atoms with Gasteiger partial charge in [-0.15, -0.1) is 0 Å². The zero-order valence-electron chi connectivity index (χ0n) is 10.4. The van der Waals surface area contributed by atoms with E-state index in [-0.39, 0.29) is 24.8 Å². The van der Waals surface area contributed by atoms with Crippen LogP contribution in [0.4, 0.5) is 8.78 Å². The normalized spacial score (nSPS) is 12.4. The first-order valence-electron chi connectivity index (χ1n) is 6.01. The zero-order valence-corrected chi connectivity index (χ0v) is 10.4. The van der Waals surface area contributed by atoms with E-state index in [0.29, 0.717) is 11.1 Å². The third-order valence-electron chi connectivity index (χ3n) is 2.83. The van der Waals surface area contributed by atoms with E-state index >= 15 is 0 Å². The van der Waals surface area contributed by atoms with Crippen molar-refractivity contribution in [1.29, 1.82) is 0 Å². The van der Waals surface area contributed by atoms with E-state index in [4.69, 9.17) is 10.5 Å². The molecule has 2 nitrogen and oxygen atoms in total. The molecular weight excluding hydrogens is 248 g/mol. The van der Waals surface area contributed by atoms with Crippen LogP contribution < -0.4 is 5.73 Å². The number of rotatable bonds is 5. The van der Waals surface area contributed by atoms with Crippen LogP contribution in [0.2, 0.25) is 0 Å². The number of benzene rings is 2. The lowest BCUT2D eigenvalue weighted by molar-refractivity contribution is 0.0438. The molecule has 0 aliphatic heterocycles. The molecule has 0 spiro atoms. The molecule has 2 aromatic carbocycles. The Morgan fingerprint density at radius 3 is 2.53 bits per heavy atom. The Balaban J connectivity index is 2.06. The Labute approximate surface area is 110 Å². The van der Waals surface area contributed by atoms with E-state index in [2.05, 4.69) is 0 Å². The molecule has 0 bridgehead atoms. The van der Waals surface area contributed by atoms with Gasteiger partial charge in [-0.25, -0.2) is 8.78 Å². The summed E-state index contributed by atoms with van der Waals surface area (Å²) in [6.45, 7) is 0.308. The molecular formula is C15H15F2NO. The first-order chi connectivity index (χ1) is 9.20. The topological polar surface area (TPSA) is 35.2 Å². The van der Waals surface area contributed by atoms with Crippen molar-refractivity contribution < 1.29 is 13.5 Å². The van der Waals surface area contributed by atoms with Crippen LogP contribution in [-0.2, 0) is 11.3 Å². The van der Waals surface area contributed by atoms with Gasteiger partial charge in [0.15, 0.2) is 0 Å². The van der Waals surface area contributed by atoms with E-state index < -0.39 is 6.10 Å². The third-order valence-corrected chi connectivity index (χ3v) is 2.83. The molecule has 1 atom stereocenters. The molecule has 0 saturated heterocycles. The van der Waals surface area contributed by atoms with Gasteiger partial charge in [-0.1, -0.05) is 30.3 Å². The summed E-state index contributed by atoms with van der Waals surface area (Å²) in [5.41, 5.74) is 6.72. The molecule has 0 saturated carbocycles. The highest BCUT2D eigenvalue weighted by Gasteiger charge is 2.12. The minimum absolute atomic E-state index is 0.102. The average Bonchev–Trinajstić information content (AvgIpc) is 2.41. The summed E-state index contributed by atoms with van der Waals surface area (Å²) in [7, 11) is 0. The molecule has 0 aliphatic carbocycles. The summed E-state index contributed by atoms with van der Waals surface area (Å²) in [6, 6.07) is 12.4. The van der Waals surface area contributed by atoms with Crippen molar-refractivity contribution in [2.75, 3.05) is 6.54 Å². The number of halogens is 2. The van der Waals surface area contributed by atoms with Gasteiger partial charge in [0.25, 0.3) is 0 Å². The van der Waals surface area contributed by atoms with Crippen LogP contribution in [0.3, 0.4) is 0 Å². The summed E-state index contributed by atoms with van der Waals surface area (Å²) < 4.78 is 32.1. The quantitative estimate of drug-likeness (QED) is 0.899. The average molecular weight is 263 g/mol. The molecule has 2 N–H and O–H groups in total. The fourth-order valence-electron chi connectivity index (χ4n) is 1.81. The predicted octanol–water partition coefficient (Wildman–Crippen LogP) is 3.18. The smallest absolute Gasteiger partial charge is 0.128 e. The molecule has 0 heterocycles. The number of ether oxygens (including phenoxy) is 1. The van der Waals surface area contributed by atoms with Crippen LogP contribution in [0.1, 0.15) is 17.2 Å². The van der Waals surface area contributed by atoms with Gasteiger partial charge in [0.2, 0.25) is 0 Å². The lowest BCUT2D eigenvalue weighted by Gasteiger charge is -2.16. The Morgan fingerprint density at radius 1 is 1.05 bits per heavy atom. The number of hydrogen-bond acceptors (Lipinski definition) is 2. The minimum Gasteiger partial charge on any atom is -0.367 e. The van der Waals surface area contributed by atoms with Crippen molar-refractivity contribution >= 4 is 0 Å². The lowest BCUT2D eigenvalue weighted by Crippen LogP contribution is -2.16. The summed E-state index contributed by atoms with van der Waals surface area (Å²) in [5, 5.41) is 0. The van der Waals surface area contributed by atoms with E-state index in [0.717, 1.165) is 0 Å². The van der Waals surface area contributed by atoms with Crippen molar-refractivity contribution in [3.05, 3.63) is 71.3 Å². The van der Waals surface area contributed by atoms with Gasteiger partial charge in [0, 0.05) is 12.1 Å². The highest BCUT2D eigenvalue weighted by molar-refractivity contribution is 5.20. The fourth-order valence-corrected chi connectivity index (χ4v) is 1.81. The van der Waals surface area contributed by atoms with Crippen LogP contribution in [-0.4, -0.2) is 6.54 Å². The molecule has 100 valence electrons.